The van der Waals surface area contributed by atoms with Crippen molar-refractivity contribution in [2.24, 2.45) is 0 Å². The van der Waals surface area contributed by atoms with Crippen LogP contribution in [-0.2, 0) is 0 Å². The van der Waals surface area contributed by atoms with Gasteiger partial charge in [0, 0.05) is 25.3 Å². The van der Waals surface area contributed by atoms with Crippen molar-refractivity contribution in [2.75, 3.05) is 47.8 Å². The second-order valence-corrected chi connectivity index (χ2v) is 5.21. The Morgan fingerprint density at radius 3 is 2.28 bits per heavy atom. The third-order valence-electron chi connectivity index (χ3n) is 3.49. The van der Waals surface area contributed by atoms with Crippen LogP contribution in [0.5, 0.6) is 0 Å². The highest BCUT2D eigenvalue weighted by atomic mass is 15.2. The molecule has 0 aromatic rings. The van der Waals surface area contributed by atoms with Crippen LogP contribution >= 0.6 is 0 Å². The van der Waals surface area contributed by atoms with Crippen molar-refractivity contribution in [1.29, 1.82) is 0 Å². The number of nitrogens with zero attached hydrogens (tertiary/aromatic N) is 3. The van der Waals surface area contributed by atoms with E-state index in [1.807, 2.05) is 13.8 Å². The van der Waals surface area contributed by atoms with Crippen LogP contribution < -0.4 is 0 Å². The SMILES string of the molecule is C=C(C1CCCN1C)N(C)CCCN(C)C.CC. The molecule has 1 atom stereocenters. The van der Waals surface area contributed by atoms with E-state index in [0.29, 0.717) is 6.04 Å². The van der Waals surface area contributed by atoms with E-state index >= 15 is 0 Å². The fourth-order valence-electron chi connectivity index (χ4n) is 2.35. The minimum Gasteiger partial charge on any atom is -0.377 e. The normalized spacial score (nSPS) is 19.6. The topological polar surface area (TPSA) is 9.72 Å². The molecule has 0 aromatic carbocycles. The van der Waals surface area contributed by atoms with E-state index in [-0.39, 0.29) is 0 Å². The Morgan fingerprint density at radius 1 is 1.22 bits per heavy atom. The number of likely N-dealkylation sites (N-methyl/N-ethyl adjacent to an activating group) is 2. The molecule has 0 saturated carbocycles. The van der Waals surface area contributed by atoms with Gasteiger partial charge in [-0.15, -0.1) is 0 Å². The average molecular weight is 255 g/mol. The summed E-state index contributed by atoms with van der Waals surface area (Å²) in [4.78, 5) is 6.99. The molecule has 1 unspecified atom stereocenters. The van der Waals surface area contributed by atoms with Gasteiger partial charge in [-0.2, -0.15) is 0 Å². The van der Waals surface area contributed by atoms with Crippen molar-refractivity contribution in [3.05, 3.63) is 12.3 Å². The first kappa shape index (κ1) is 17.5. The molecule has 0 radical (unpaired) electrons. The lowest BCUT2D eigenvalue weighted by Gasteiger charge is -2.30. The summed E-state index contributed by atoms with van der Waals surface area (Å²) in [6, 6.07) is 0.573. The Bertz CT molecular complexity index is 226. The molecule has 1 heterocycles. The van der Waals surface area contributed by atoms with Crippen LogP contribution in [0.3, 0.4) is 0 Å². The number of likely N-dealkylation sites (tertiary alicyclic amines) is 1. The van der Waals surface area contributed by atoms with Gasteiger partial charge in [0.05, 0.1) is 0 Å². The van der Waals surface area contributed by atoms with E-state index in [1.165, 1.54) is 31.5 Å². The summed E-state index contributed by atoms with van der Waals surface area (Å²) in [5.74, 6) is 0. The summed E-state index contributed by atoms with van der Waals surface area (Å²) < 4.78 is 0. The van der Waals surface area contributed by atoms with E-state index < -0.39 is 0 Å². The van der Waals surface area contributed by atoms with Crippen LogP contribution in [0.15, 0.2) is 12.3 Å². The molecule has 0 N–H and O–H groups in total. The Morgan fingerprint density at radius 2 is 1.83 bits per heavy atom. The molecule has 3 heteroatoms. The molecule has 18 heavy (non-hydrogen) atoms. The van der Waals surface area contributed by atoms with Gasteiger partial charge in [-0.05, 0) is 53.5 Å². The largest absolute Gasteiger partial charge is 0.377 e. The predicted molar refractivity (Wildman–Crippen MR) is 81.9 cm³/mol. The Balaban J connectivity index is 0.00000137. The lowest BCUT2D eigenvalue weighted by molar-refractivity contribution is 0.270. The van der Waals surface area contributed by atoms with Gasteiger partial charge >= 0.3 is 0 Å². The molecule has 0 amide bonds. The van der Waals surface area contributed by atoms with Crippen LogP contribution in [0.25, 0.3) is 0 Å². The highest BCUT2D eigenvalue weighted by Gasteiger charge is 2.24. The summed E-state index contributed by atoms with van der Waals surface area (Å²) in [6.45, 7) is 11.7. The Labute approximate surface area is 114 Å². The summed E-state index contributed by atoms with van der Waals surface area (Å²) >= 11 is 0. The molecule has 0 aromatic heterocycles. The summed E-state index contributed by atoms with van der Waals surface area (Å²) in [5, 5.41) is 0. The van der Waals surface area contributed by atoms with Crippen LogP contribution in [0.2, 0.25) is 0 Å². The van der Waals surface area contributed by atoms with Crippen LogP contribution in [-0.4, -0.2) is 68.6 Å². The van der Waals surface area contributed by atoms with Gasteiger partial charge in [-0.3, -0.25) is 4.90 Å². The van der Waals surface area contributed by atoms with Crippen molar-refractivity contribution in [3.8, 4) is 0 Å². The van der Waals surface area contributed by atoms with Crippen LogP contribution in [0, 0.1) is 0 Å². The molecule has 108 valence electrons. The zero-order valence-electron chi connectivity index (χ0n) is 13.4. The standard InChI is InChI=1S/C13H27N3.C2H6/c1-12(13-8-6-10-16(13)5)15(4)11-7-9-14(2)3;1-2/h13H,1,6-11H2,2-5H3;1-2H3. The molecule has 1 rings (SSSR count). The number of hydrogen-bond donors (Lipinski definition) is 0. The highest BCUT2D eigenvalue weighted by Crippen LogP contribution is 2.22. The fourth-order valence-corrected chi connectivity index (χ4v) is 2.35. The van der Waals surface area contributed by atoms with Gasteiger partial charge in [-0.1, -0.05) is 20.4 Å². The van der Waals surface area contributed by atoms with E-state index in [9.17, 15) is 0 Å². The first-order chi connectivity index (χ1) is 8.52. The monoisotopic (exact) mass is 255 g/mol. The predicted octanol–water partition coefficient (Wildman–Crippen LogP) is 2.50. The van der Waals surface area contributed by atoms with Crippen molar-refractivity contribution in [1.82, 2.24) is 14.7 Å². The molecule has 1 aliphatic rings. The average Bonchev–Trinajstić information content (AvgIpc) is 2.76. The third kappa shape index (κ3) is 5.87. The molecule has 0 aliphatic carbocycles. The molecule has 1 saturated heterocycles. The van der Waals surface area contributed by atoms with E-state index in [4.69, 9.17) is 0 Å². The molecular formula is C15H33N3. The first-order valence-corrected chi connectivity index (χ1v) is 7.27. The lowest BCUT2D eigenvalue weighted by atomic mass is 10.1. The van der Waals surface area contributed by atoms with Gasteiger partial charge in [0.25, 0.3) is 0 Å². The molecular weight excluding hydrogens is 222 g/mol. The van der Waals surface area contributed by atoms with Crippen LogP contribution in [0.4, 0.5) is 0 Å². The molecule has 1 aliphatic heterocycles. The molecule has 0 bridgehead atoms. The van der Waals surface area contributed by atoms with Crippen molar-refractivity contribution < 1.29 is 0 Å². The maximum absolute atomic E-state index is 4.26. The second-order valence-electron chi connectivity index (χ2n) is 5.21. The minimum atomic E-state index is 0.573. The van der Waals surface area contributed by atoms with E-state index in [2.05, 4.69) is 49.5 Å². The Kier molecular flexibility index (Phi) is 9.12. The summed E-state index contributed by atoms with van der Waals surface area (Å²) in [7, 11) is 8.62. The summed E-state index contributed by atoms with van der Waals surface area (Å²) in [6.07, 6.45) is 3.79. The van der Waals surface area contributed by atoms with Crippen LogP contribution in [0.1, 0.15) is 33.1 Å². The number of rotatable bonds is 6. The van der Waals surface area contributed by atoms with E-state index in [1.54, 1.807) is 0 Å². The highest BCUT2D eigenvalue weighted by molar-refractivity contribution is 5.06. The quantitative estimate of drug-likeness (QED) is 0.722. The lowest BCUT2D eigenvalue weighted by Crippen LogP contribution is -2.35. The smallest absolute Gasteiger partial charge is 0.0488 e. The maximum Gasteiger partial charge on any atom is 0.0488 e. The fraction of sp³-hybridized carbons (Fsp3) is 0.867. The molecule has 0 spiro atoms. The minimum absolute atomic E-state index is 0.573. The number of hydrogen-bond acceptors (Lipinski definition) is 3. The van der Waals surface area contributed by atoms with Crippen molar-refractivity contribution >= 4 is 0 Å². The zero-order chi connectivity index (χ0) is 14.1. The van der Waals surface area contributed by atoms with Crippen molar-refractivity contribution in [3.63, 3.8) is 0 Å². The zero-order valence-corrected chi connectivity index (χ0v) is 13.4. The molecule has 3 nitrogen and oxygen atoms in total. The molecule has 1 fully saturated rings. The first-order valence-electron chi connectivity index (χ1n) is 7.27. The van der Waals surface area contributed by atoms with Gasteiger partial charge in [-0.25, -0.2) is 0 Å². The Hall–Kier alpha value is -0.540. The van der Waals surface area contributed by atoms with Gasteiger partial charge < -0.3 is 9.80 Å². The summed E-state index contributed by atoms with van der Waals surface area (Å²) in [5.41, 5.74) is 1.29. The van der Waals surface area contributed by atoms with Gasteiger partial charge in [0.2, 0.25) is 0 Å². The third-order valence-corrected chi connectivity index (χ3v) is 3.49. The van der Waals surface area contributed by atoms with Gasteiger partial charge in [0.15, 0.2) is 0 Å². The van der Waals surface area contributed by atoms with E-state index in [0.717, 1.165) is 13.1 Å². The second kappa shape index (κ2) is 9.40. The maximum atomic E-state index is 4.26. The van der Waals surface area contributed by atoms with Gasteiger partial charge in [0.1, 0.15) is 0 Å². The van der Waals surface area contributed by atoms with Crippen molar-refractivity contribution in [2.45, 2.75) is 39.2 Å².